The molecular formula is C11H17N3O. The zero-order valence-electron chi connectivity index (χ0n) is 8.99. The lowest BCUT2D eigenvalue weighted by atomic mass is 10.1. The largest absolute Gasteiger partial charge is 0.381 e. The van der Waals surface area contributed by atoms with Crippen LogP contribution in [0.15, 0.2) is 18.2 Å². The Bertz CT molecular complexity index is 310. The molecule has 4 heteroatoms. The van der Waals surface area contributed by atoms with Gasteiger partial charge in [-0.05, 0) is 18.6 Å². The third kappa shape index (κ3) is 2.83. The van der Waals surface area contributed by atoms with E-state index in [9.17, 15) is 0 Å². The van der Waals surface area contributed by atoms with Gasteiger partial charge in [0.15, 0.2) is 0 Å². The van der Waals surface area contributed by atoms with Crippen LogP contribution < -0.4 is 10.6 Å². The second kappa shape index (κ2) is 4.98. The summed E-state index contributed by atoms with van der Waals surface area (Å²) < 4.78 is 5.32. The van der Waals surface area contributed by atoms with Crippen molar-refractivity contribution in [3.05, 3.63) is 18.2 Å². The predicted octanol–water partition coefficient (Wildman–Crippen LogP) is 1.57. The van der Waals surface area contributed by atoms with Crippen molar-refractivity contribution in [3.8, 4) is 0 Å². The van der Waals surface area contributed by atoms with Gasteiger partial charge in [-0.3, -0.25) is 0 Å². The number of hydrogen-bond donors (Lipinski definition) is 2. The maximum atomic E-state index is 5.32. The van der Waals surface area contributed by atoms with Crippen molar-refractivity contribution in [2.45, 2.75) is 6.42 Å². The molecule has 0 aromatic carbocycles. The third-order valence-corrected chi connectivity index (χ3v) is 2.60. The van der Waals surface area contributed by atoms with Gasteiger partial charge in [0.25, 0.3) is 0 Å². The number of pyridine rings is 1. The van der Waals surface area contributed by atoms with Crippen molar-refractivity contribution < 1.29 is 4.74 Å². The summed E-state index contributed by atoms with van der Waals surface area (Å²) in [5.74, 6) is 2.45. The van der Waals surface area contributed by atoms with Gasteiger partial charge in [-0.25, -0.2) is 4.98 Å². The minimum absolute atomic E-state index is 0.630. The highest BCUT2D eigenvalue weighted by Gasteiger charge is 2.14. The predicted molar refractivity (Wildman–Crippen MR) is 61.2 cm³/mol. The van der Waals surface area contributed by atoms with Gasteiger partial charge in [0.05, 0.1) is 6.61 Å². The maximum Gasteiger partial charge on any atom is 0.128 e. The number of hydrogen-bond acceptors (Lipinski definition) is 4. The van der Waals surface area contributed by atoms with E-state index in [0.29, 0.717) is 5.92 Å². The first kappa shape index (κ1) is 10.2. The molecule has 2 N–H and O–H groups in total. The number of ether oxygens (including phenoxy) is 1. The standard InChI is InChI=1S/C11H17N3O/c1-12-10-3-2-4-11(14-10)13-7-9-5-6-15-8-9/h2-4,9H,5-8H2,1H3,(H2,12,13,14). The van der Waals surface area contributed by atoms with Crippen LogP contribution in [0.4, 0.5) is 11.6 Å². The first-order valence-corrected chi connectivity index (χ1v) is 5.35. The van der Waals surface area contributed by atoms with Crippen LogP contribution in [0, 0.1) is 5.92 Å². The SMILES string of the molecule is CNc1cccc(NCC2CCOC2)n1. The summed E-state index contributed by atoms with van der Waals surface area (Å²) in [5.41, 5.74) is 0. The van der Waals surface area contributed by atoms with E-state index in [2.05, 4.69) is 15.6 Å². The van der Waals surface area contributed by atoms with Crippen LogP contribution in [0.5, 0.6) is 0 Å². The number of nitrogens with one attached hydrogen (secondary N) is 2. The van der Waals surface area contributed by atoms with Crippen LogP contribution in [-0.2, 0) is 4.74 Å². The van der Waals surface area contributed by atoms with E-state index in [1.165, 1.54) is 0 Å². The van der Waals surface area contributed by atoms with Gasteiger partial charge in [-0.2, -0.15) is 0 Å². The van der Waals surface area contributed by atoms with Crippen molar-refractivity contribution in [1.82, 2.24) is 4.98 Å². The summed E-state index contributed by atoms with van der Waals surface area (Å²) in [6.07, 6.45) is 1.15. The van der Waals surface area contributed by atoms with E-state index in [0.717, 1.165) is 37.8 Å². The Morgan fingerprint density at radius 2 is 2.33 bits per heavy atom. The summed E-state index contributed by atoms with van der Waals surface area (Å²) in [6.45, 7) is 2.72. The Balaban J connectivity index is 1.86. The average molecular weight is 207 g/mol. The van der Waals surface area contributed by atoms with E-state index in [-0.39, 0.29) is 0 Å². The molecule has 1 atom stereocenters. The Labute approximate surface area is 90.0 Å². The van der Waals surface area contributed by atoms with E-state index in [1.807, 2.05) is 25.2 Å². The van der Waals surface area contributed by atoms with Gasteiger partial charge in [0, 0.05) is 26.1 Å². The first-order valence-electron chi connectivity index (χ1n) is 5.35. The minimum atomic E-state index is 0.630. The second-order valence-corrected chi connectivity index (χ2v) is 3.77. The van der Waals surface area contributed by atoms with Crippen LogP contribution in [-0.4, -0.2) is 31.8 Å². The number of anilines is 2. The lowest BCUT2D eigenvalue weighted by molar-refractivity contribution is 0.187. The summed E-state index contributed by atoms with van der Waals surface area (Å²) in [4.78, 5) is 4.39. The fourth-order valence-electron chi connectivity index (χ4n) is 1.67. The molecule has 1 fully saturated rings. The Morgan fingerprint density at radius 3 is 3.07 bits per heavy atom. The molecule has 1 aliphatic rings. The van der Waals surface area contributed by atoms with Gasteiger partial charge in [-0.15, -0.1) is 0 Å². The molecule has 0 saturated carbocycles. The Kier molecular flexibility index (Phi) is 3.40. The molecule has 4 nitrogen and oxygen atoms in total. The molecule has 0 amide bonds. The Hall–Kier alpha value is -1.29. The quantitative estimate of drug-likeness (QED) is 0.786. The fourth-order valence-corrected chi connectivity index (χ4v) is 1.67. The number of aromatic nitrogens is 1. The lowest BCUT2D eigenvalue weighted by Crippen LogP contribution is -2.14. The molecule has 1 aliphatic heterocycles. The van der Waals surface area contributed by atoms with Gasteiger partial charge in [0.2, 0.25) is 0 Å². The second-order valence-electron chi connectivity index (χ2n) is 3.77. The number of nitrogens with zero attached hydrogens (tertiary/aromatic N) is 1. The summed E-state index contributed by atoms with van der Waals surface area (Å²) in [6, 6.07) is 5.92. The molecule has 2 heterocycles. The van der Waals surface area contributed by atoms with E-state index < -0.39 is 0 Å². The highest BCUT2D eigenvalue weighted by Crippen LogP contribution is 2.14. The monoisotopic (exact) mass is 207 g/mol. The molecule has 1 aromatic heterocycles. The van der Waals surface area contributed by atoms with Crippen LogP contribution >= 0.6 is 0 Å². The van der Waals surface area contributed by atoms with E-state index >= 15 is 0 Å². The zero-order valence-corrected chi connectivity index (χ0v) is 8.99. The molecule has 1 saturated heterocycles. The van der Waals surface area contributed by atoms with Gasteiger partial charge in [-0.1, -0.05) is 6.07 Å². The molecule has 15 heavy (non-hydrogen) atoms. The summed E-state index contributed by atoms with van der Waals surface area (Å²) in [7, 11) is 1.87. The summed E-state index contributed by atoms with van der Waals surface area (Å²) in [5, 5.41) is 6.35. The van der Waals surface area contributed by atoms with Crippen molar-refractivity contribution in [2.75, 3.05) is 37.4 Å². The highest BCUT2D eigenvalue weighted by atomic mass is 16.5. The molecular weight excluding hydrogens is 190 g/mol. The minimum Gasteiger partial charge on any atom is -0.381 e. The van der Waals surface area contributed by atoms with E-state index in [1.54, 1.807) is 0 Å². The lowest BCUT2D eigenvalue weighted by Gasteiger charge is -2.10. The Morgan fingerprint density at radius 1 is 1.47 bits per heavy atom. The molecule has 2 rings (SSSR count). The van der Waals surface area contributed by atoms with Gasteiger partial charge < -0.3 is 15.4 Å². The van der Waals surface area contributed by atoms with Crippen LogP contribution in [0.1, 0.15) is 6.42 Å². The van der Waals surface area contributed by atoms with Crippen molar-refractivity contribution in [1.29, 1.82) is 0 Å². The number of rotatable bonds is 4. The van der Waals surface area contributed by atoms with Gasteiger partial charge >= 0.3 is 0 Å². The molecule has 0 bridgehead atoms. The molecule has 0 spiro atoms. The van der Waals surface area contributed by atoms with Crippen LogP contribution in [0.25, 0.3) is 0 Å². The third-order valence-electron chi connectivity index (χ3n) is 2.60. The van der Waals surface area contributed by atoms with Crippen molar-refractivity contribution in [3.63, 3.8) is 0 Å². The summed E-state index contributed by atoms with van der Waals surface area (Å²) >= 11 is 0. The molecule has 82 valence electrons. The average Bonchev–Trinajstić information content (AvgIpc) is 2.79. The van der Waals surface area contributed by atoms with Crippen molar-refractivity contribution in [2.24, 2.45) is 5.92 Å². The zero-order chi connectivity index (χ0) is 10.5. The van der Waals surface area contributed by atoms with Crippen molar-refractivity contribution >= 4 is 11.6 Å². The molecule has 1 aromatic rings. The van der Waals surface area contributed by atoms with Gasteiger partial charge in [0.1, 0.15) is 11.6 Å². The van der Waals surface area contributed by atoms with Crippen LogP contribution in [0.2, 0.25) is 0 Å². The molecule has 0 radical (unpaired) electrons. The maximum absolute atomic E-state index is 5.32. The smallest absolute Gasteiger partial charge is 0.128 e. The molecule has 1 unspecified atom stereocenters. The highest BCUT2D eigenvalue weighted by molar-refractivity contribution is 5.44. The molecule has 0 aliphatic carbocycles. The topological polar surface area (TPSA) is 46.2 Å². The van der Waals surface area contributed by atoms with E-state index in [4.69, 9.17) is 4.74 Å². The first-order chi connectivity index (χ1) is 7.38. The fraction of sp³-hybridized carbons (Fsp3) is 0.545. The normalized spacial score (nSPS) is 20.2. The van der Waals surface area contributed by atoms with Crippen LogP contribution in [0.3, 0.4) is 0 Å².